The lowest BCUT2D eigenvalue weighted by molar-refractivity contribution is -0.141. The summed E-state index contributed by atoms with van der Waals surface area (Å²) >= 11 is 0. The van der Waals surface area contributed by atoms with Gasteiger partial charge in [0.05, 0.1) is 13.1 Å². The van der Waals surface area contributed by atoms with Crippen LogP contribution in [-0.2, 0) is 14.4 Å². The van der Waals surface area contributed by atoms with E-state index in [0.29, 0.717) is 0 Å². The highest BCUT2D eigenvalue weighted by molar-refractivity contribution is 5.88. The quantitative estimate of drug-likeness (QED) is 0.445. The van der Waals surface area contributed by atoms with Crippen molar-refractivity contribution in [3.05, 3.63) is 0 Å². The molecule has 0 bridgehead atoms. The van der Waals surface area contributed by atoms with Gasteiger partial charge in [-0.15, -0.1) is 12.4 Å². The minimum absolute atomic E-state index is 0. The smallest absolute Gasteiger partial charge is 0.325 e. The second kappa shape index (κ2) is 8.01. The molecule has 0 aliphatic carbocycles. The average Bonchev–Trinajstić information content (AvgIpc) is 2.13. The lowest BCUT2D eigenvalue weighted by Gasteiger charge is -2.09. The van der Waals surface area contributed by atoms with Gasteiger partial charge in [0.2, 0.25) is 11.8 Å². The first-order valence-electron chi connectivity index (χ1n) is 3.96. The number of nitrogens with one attached hydrogen (secondary N) is 2. The van der Waals surface area contributed by atoms with E-state index in [1.54, 1.807) is 0 Å². The summed E-state index contributed by atoms with van der Waals surface area (Å²) in [5.74, 6) is -2.17. The normalized spacial score (nSPS) is 10.8. The third-order valence-corrected chi connectivity index (χ3v) is 1.38. The molecule has 0 aromatic rings. The van der Waals surface area contributed by atoms with Gasteiger partial charge in [0, 0.05) is 0 Å². The zero-order valence-electron chi connectivity index (χ0n) is 8.15. The molecule has 5 N–H and O–H groups in total. The molecule has 0 radical (unpaired) electrons. The van der Waals surface area contributed by atoms with Gasteiger partial charge in [0.25, 0.3) is 0 Å². The van der Waals surface area contributed by atoms with Crippen LogP contribution in [0.1, 0.15) is 6.92 Å². The van der Waals surface area contributed by atoms with Crippen molar-refractivity contribution in [1.82, 2.24) is 10.6 Å². The number of hydrogen-bond acceptors (Lipinski definition) is 4. The highest BCUT2D eigenvalue weighted by Crippen LogP contribution is 1.80. The first-order chi connectivity index (χ1) is 6.47. The van der Waals surface area contributed by atoms with Gasteiger partial charge in [0.1, 0.15) is 6.04 Å². The molecule has 0 rings (SSSR count). The Labute approximate surface area is 92.8 Å². The van der Waals surface area contributed by atoms with Crippen LogP contribution in [0.2, 0.25) is 0 Å². The summed E-state index contributed by atoms with van der Waals surface area (Å²) in [6, 6.07) is -0.975. The first kappa shape index (κ1) is 16.1. The van der Waals surface area contributed by atoms with Gasteiger partial charge in [-0.3, -0.25) is 14.4 Å². The van der Waals surface area contributed by atoms with Crippen LogP contribution < -0.4 is 16.4 Å². The highest BCUT2D eigenvalue weighted by Gasteiger charge is 2.13. The van der Waals surface area contributed by atoms with E-state index in [1.165, 1.54) is 6.92 Å². The van der Waals surface area contributed by atoms with Crippen LogP contribution in [0, 0.1) is 0 Å². The molecule has 0 saturated carbocycles. The molecule has 0 unspecified atom stereocenters. The van der Waals surface area contributed by atoms with Crippen LogP contribution in [-0.4, -0.2) is 42.0 Å². The maximum absolute atomic E-state index is 10.9. The maximum atomic E-state index is 10.9. The molecule has 0 fully saturated rings. The lowest BCUT2D eigenvalue weighted by atomic mass is 10.3. The zero-order valence-corrected chi connectivity index (χ0v) is 8.97. The second-order valence-corrected chi connectivity index (χ2v) is 2.61. The van der Waals surface area contributed by atoms with Gasteiger partial charge in [0.15, 0.2) is 0 Å². The third-order valence-electron chi connectivity index (χ3n) is 1.38. The Morgan fingerprint density at radius 2 is 1.87 bits per heavy atom. The molecule has 0 aromatic heterocycles. The summed E-state index contributed by atoms with van der Waals surface area (Å²) < 4.78 is 0. The topological polar surface area (TPSA) is 122 Å². The van der Waals surface area contributed by atoms with E-state index < -0.39 is 23.8 Å². The van der Waals surface area contributed by atoms with Crippen molar-refractivity contribution >= 4 is 30.2 Å². The van der Waals surface area contributed by atoms with Crippen molar-refractivity contribution in [3.8, 4) is 0 Å². The molecule has 0 aliphatic heterocycles. The fraction of sp³-hybridized carbons (Fsp3) is 0.571. The Hall–Kier alpha value is -1.34. The first-order valence-corrected chi connectivity index (χ1v) is 3.96. The van der Waals surface area contributed by atoms with Crippen LogP contribution in [0.5, 0.6) is 0 Å². The highest BCUT2D eigenvalue weighted by atomic mass is 35.5. The lowest BCUT2D eigenvalue weighted by Crippen LogP contribution is -2.44. The molecule has 0 heterocycles. The van der Waals surface area contributed by atoms with E-state index in [9.17, 15) is 14.4 Å². The molecule has 8 heteroatoms. The SMILES string of the molecule is C[C@H](NC(=O)CNC(=O)CN)C(=O)O.Cl. The van der Waals surface area contributed by atoms with E-state index in [4.69, 9.17) is 10.8 Å². The number of amides is 2. The fourth-order valence-electron chi connectivity index (χ4n) is 0.605. The maximum Gasteiger partial charge on any atom is 0.325 e. The van der Waals surface area contributed by atoms with Gasteiger partial charge in [-0.25, -0.2) is 0 Å². The second-order valence-electron chi connectivity index (χ2n) is 2.61. The van der Waals surface area contributed by atoms with E-state index in [2.05, 4.69) is 10.6 Å². The van der Waals surface area contributed by atoms with Crippen molar-refractivity contribution in [1.29, 1.82) is 0 Å². The zero-order chi connectivity index (χ0) is 11.1. The number of carboxylic acids is 1. The number of aliphatic carboxylic acids is 1. The van der Waals surface area contributed by atoms with Gasteiger partial charge < -0.3 is 21.5 Å². The van der Waals surface area contributed by atoms with Crippen LogP contribution in [0.25, 0.3) is 0 Å². The molecule has 0 aliphatic rings. The largest absolute Gasteiger partial charge is 0.480 e. The molecule has 2 amide bonds. The Balaban J connectivity index is 0. The molecule has 1 atom stereocenters. The van der Waals surface area contributed by atoms with Crippen molar-refractivity contribution in [2.75, 3.05) is 13.1 Å². The fourth-order valence-corrected chi connectivity index (χ4v) is 0.605. The van der Waals surface area contributed by atoms with Crippen LogP contribution in [0.3, 0.4) is 0 Å². The Kier molecular flexibility index (Phi) is 8.60. The number of carbonyl (C=O) groups is 3. The molecule has 7 nitrogen and oxygen atoms in total. The number of nitrogens with two attached hydrogens (primary N) is 1. The van der Waals surface area contributed by atoms with E-state index in [0.717, 1.165) is 0 Å². The van der Waals surface area contributed by atoms with E-state index in [-0.39, 0.29) is 25.5 Å². The third kappa shape index (κ3) is 7.71. The summed E-state index contributed by atoms with van der Waals surface area (Å²) in [6.07, 6.45) is 0. The summed E-state index contributed by atoms with van der Waals surface area (Å²) in [5, 5.41) is 12.8. The van der Waals surface area contributed by atoms with Crippen molar-refractivity contribution in [2.45, 2.75) is 13.0 Å². The standard InChI is InChI=1S/C7H13N3O4.ClH/c1-4(7(13)14)10-6(12)3-9-5(11)2-8;/h4H,2-3,8H2,1H3,(H,9,11)(H,10,12)(H,13,14);1H/t4-;/m0./s1. The van der Waals surface area contributed by atoms with Crippen LogP contribution in [0.4, 0.5) is 0 Å². The number of halogens is 1. The monoisotopic (exact) mass is 239 g/mol. The minimum atomic E-state index is -1.14. The van der Waals surface area contributed by atoms with Gasteiger partial charge in [-0.1, -0.05) is 0 Å². The van der Waals surface area contributed by atoms with Crippen molar-refractivity contribution < 1.29 is 19.5 Å². The van der Waals surface area contributed by atoms with Gasteiger partial charge >= 0.3 is 5.97 Å². The molecule has 88 valence electrons. The predicted molar refractivity (Wildman–Crippen MR) is 54.6 cm³/mol. The van der Waals surface area contributed by atoms with E-state index >= 15 is 0 Å². The predicted octanol–water partition coefficient (Wildman–Crippen LogP) is -1.93. The number of carboxylic acid groups (broad SMARTS) is 1. The number of rotatable bonds is 5. The summed E-state index contributed by atoms with van der Waals surface area (Å²) in [7, 11) is 0. The molecular weight excluding hydrogens is 226 g/mol. The minimum Gasteiger partial charge on any atom is -0.480 e. The van der Waals surface area contributed by atoms with Crippen LogP contribution >= 0.6 is 12.4 Å². The van der Waals surface area contributed by atoms with Crippen molar-refractivity contribution in [3.63, 3.8) is 0 Å². The number of hydrogen-bond donors (Lipinski definition) is 4. The molecular formula is C7H14ClN3O4. The molecule has 15 heavy (non-hydrogen) atoms. The Bertz CT molecular complexity index is 246. The molecule has 0 aromatic carbocycles. The number of carbonyl (C=O) groups excluding carboxylic acids is 2. The molecule has 0 saturated heterocycles. The summed E-state index contributed by atoms with van der Waals surface area (Å²) in [5.41, 5.74) is 4.97. The Morgan fingerprint density at radius 3 is 2.27 bits per heavy atom. The van der Waals surface area contributed by atoms with Crippen LogP contribution in [0.15, 0.2) is 0 Å². The van der Waals surface area contributed by atoms with Gasteiger partial charge in [-0.05, 0) is 6.92 Å². The molecule has 0 spiro atoms. The Morgan fingerprint density at radius 1 is 1.33 bits per heavy atom. The van der Waals surface area contributed by atoms with Gasteiger partial charge in [-0.2, -0.15) is 0 Å². The average molecular weight is 240 g/mol. The summed E-state index contributed by atoms with van der Waals surface area (Å²) in [6.45, 7) is 0.848. The van der Waals surface area contributed by atoms with Crippen molar-refractivity contribution in [2.24, 2.45) is 5.73 Å². The van der Waals surface area contributed by atoms with E-state index in [1.807, 2.05) is 0 Å². The summed E-state index contributed by atoms with van der Waals surface area (Å²) in [4.78, 5) is 31.9.